The molecule has 1 amide bonds. The van der Waals surface area contributed by atoms with Crippen molar-refractivity contribution in [1.29, 1.82) is 0 Å². The van der Waals surface area contributed by atoms with E-state index in [1.165, 1.54) is 12.4 Å². The Morgan fingerprint density at radius 2 is 1.87 bits per heavy atom. The summed E-state index contributed by atoms with van der Waals surface area (Å²) in [4.78, 5) is 21.3. The van der Waals surface area contributed by atoms with Gasteiger partial charge in [-0.05, 0) is 63.6 Å². The van der Waals surface area contributed by atoms with Gasteiger partial charge in [-0.3, -0.25) is 9.79 Å². The number of aryl methyl sites for hydroxylation is 1. The second kappa shape index (κ2) is 11.1. The van der Waals surface area contributed by atoms with Crippen molar-refractivity contribution < 1.29 is 4.79 Å². The van der Waals surface area contributed by atoms with Crippen LogP contribution in [0.3, 0.4) is 0 Å². The second-order valence-electron chi connectivity index (χ2n) is 7.00. The molecule has 154 valence electrons. The minimum atomic E-state index is -0.246. The topological polar surface area (TPSA) is 53.8 Å². The molecule has 0 saturated carbocycles. The van der Waals surface area contributed by atoms with Gasteiger partial charge in [-0.15, -0.1) is 0 Å². The van der Waals surface area contributed by atoms with Gasteiger partial charge in [-0.2, -0.15) is 0 Å². The molecule has 0 fully saturated rings. The molecule has 4 nitrogen and oxygen atoms in total. The Hall–Kier alpha value is -3.24. The van der Waals surface area contributed by atoms with Crippen molar-refractivity contribution in [2.24, 2.45) is 9.98 Å². The maximum atomic E-state index is 12.4. The minimum Gasteiger partial charge on any atom is -0.322 e. The predicted molar refractivity (Wildman–Crippen MR) is 129 cm³/mol. The zero-order chi connectivity index (χ0) is 22.1. The first-order valence-corrected chi connectivity index (χ1v) is 9.91. The van der Waals surface area contributed by atoms with E-state index in [0.29, 0.717) is 16.3 Å². The van der Waals surface area contributed by atoms with Gasteiger partial charge in [-0.25, -0.2) is 4.99 Å². The molecular weight excluding hydrogens is 394 g/mol. The summed E-state index contributed by atoms with van der Waals surface area (Å²) in [7, 11) is 0. The molecule has 0 bridgehead atoms. The highest BCUT2D eigenvalue weighted by Gasteiger charge is 2.11. The van der Waals surface area contributed by atoms with E-state index in [1.54, 1.807) is 25.1 Å². The van der Waals surface area contributed by atoms with Crippen molar-refractivity contribution in [2.75, 3.05) is 5.32 Å². The van der Waals surface area contributed by atoms with Crippen molar-refractivity contribution in [2.45, 2.75) is 27.7 Å². The van der Waals surface area contributed by atoms with Crippen molar-refractivity contribution in [3.05, 3.63) is 94.7 Å². The van der Waals surface area contributed by atoms with Gasteiger partial charge in [0.05, 0.1) is 16.4 Å². The lowest BCUT2D eigenvalue weighted by Crippen LogP contribution is -2.13. The van der Waals surface area contributed by atoms with Crippen molar-refractivity contribution >= 4 is 40.8 Å². The summed E-state index contributed by atoms with van der Waals surface area (Å²) in [6, 6.07) is 13.3. The standard InChI is InChI=1S/C25H26ClN3O/c1-6-13-27-16-19(5)25(30)28-20-11-12-22(26)21(15-20)24(14-17(2)3)29-23-10-8-7-9-18(23)4/h6-16H,1H2,2-5H3,(H,28,30)/b19-16+,27-13?,29-24?. The van der Waals surface area contributed by atoms with Crippen LogP contribution in [0.4, 0.5) is 11.4 Å². The first-order chi connectivity index (χ1) is 14.3. The van der Waals surface area contributed by atoms with E-state index >= 15 is 0 Å². The Labute approximate surface area is 183 Å². The number of hydrogen-bond acceptors (Lipinski definition) is 3. The molecule has 0 saturated heterocycles. The number of halogens is 1. The first-order valence-electron chi connectivity index (χ1n) is 9.53. The number of nitrogens with one attached hydrogen (secondary N) is 1. The average Bonchev–Trinajstić information content (AvgIpc) is 2.70. The largest absolute Gasteiger partial charge is 0.322 e. The third kappa shape index (κ3) is 6.68. The van der Waals surface area contributed by atoms with Crippen LogP contribution < -0.4 is 5.32 Å². The van der Waals surface area contributed by atoms with Crippen LogP contribution in [0.2, 0.25) is 5.02 Å². The Morgan fingerprint density at radius 1 is 1.13 bits per heavy atom. The first kappa shape index (κ1) is 23.0. The number of allylic oxidation sites excluding steroid dienone is 3. The molecule has 30 heavy (non-hydrogen) atoms. The maximum absolute atomic E-state index is 12.4. The van der Waals surface area contributed by atoms with E-state index in [4.69, 9.17) is 16.6 Å². The highest BCUT2D eigenvalue weighted by Crippen LogP contribution is 2.26. The maximum Gasteiger partial charge on any atom is 0.252 e. The molecule has 0 radical (unpaired) electrons. The molecule has 5 heteroatoms. The van der Waals surface area contributed by atoms with E-state index in [0.717, 1.165) is 28.1 Å². The summed E-state index contributed by atoms with van der Waals surface area (Å²) in [5, 5.41) is 3.43. The highest BCUT2D eigenvalue weighted by molar-refractivity contribution is 6.35. The molecule has 0 aromatic heterocycles. The molecule has 2 aromatic rings. The Kier molecular flexibility index (Phi) is 8.51. The van der Waals surface area contributed by atoms with Crippen molar-refractivity contribution in [3.8, 4) is 0 Å². The van der Waals surface area contributed by atoms with Crippen molar-refractivity contribution in [1.82, 2.24) is 0 Å². The lowest BCUT2D eigenvalue weighted by Gasteiger charge is -2.11. The SMILES string of the molecule is C=CC=N/C=C(\C)C(=O)Nc1ccc(Cl)c(C(C=C(C)C)=Nc2ccccc2C)c1. The molecule has 0 spiro atoms. The fourth-order valence-electron chi connectivity index (χ4n) is 2.57. The molecule has 0 aliphatic carbocycles. The normalized spacial score (nSPS) is 12.0. The van der Waals surface area contributed by atoms with Crippen LogP contribution in [0.5, 0.6) is 0 Å². The highest BCUT2D eigenvalue weighted by atomic mass is 35.5. The molecule has 0 unspecified atom stereocenters. The number of carbonyl (C=O) groups is 1. The van der Waals surface area contributed by atoms with Gasteiger partial charge < -0.3 is 5.32 Å². The van der Waals surface area contributed by atoms with Crippen LogP contribution in [0.15, 0.2) is 88.5 Å². The number of para-hydroxylation sites is 1. The Balaban J connectivity index is 2.44. The van der Waals surface area contributed by atoms with Gasteiger partial charge in [0.25, 0.3) is 5.91 Å². The summed E-state index contributed by atoms with van der Waals surface area (Å²) in [6.45, 7) is 11.3. The minimum absolute atomic E-state index is 0.246. The van der Waals surface area contributed by atoms with Crippen molar-refractivity contribution in [3.63, 3.8) is 0 Å². The number of benzene rings is 2. The molecule has 0 heterocycles. The molecule has 0 atom stereocenters. The number of aliphatic imine (C=N–C) groups is 2. The third-order valence-electron chi connectivity index (χ3n) is 4.10. The van der Waals surface area contributed by atoms with E-state index in [1.807, 2.05) is 57.2 Å². The molecule has 0 aliphatic heterocycles. The fourth-order valence-corrected chi connectivity index (χ4v) is 2.78. The van der Waals surface area contributed by atoms with Crippen LogP contribution >= 0.6 is 11.6 Å². The molecule has 2 aromatic carbocycles. The number of nitrogens with zero attached hydrogens (tertiary/aromatic N) is 2. The lowest BCUT2D eigenvalue weighted by molar-refractivity contribution is -0.112. The lowest BCUT2D eigenvalue weighted by atomic mass is 10.1. The van der Waals surface area contributed by atoms with E-state index in [-0.39, 0.29) is 5.91 Å². The summed E-state index contributed by atoms with van der Waals surface area (Å²) in [6.07, 6.45) is 6.53. The van der Waals surface area contributed by atoms with E-state index in [9.17, 15) is 4.79 Å². The van der Waals surface area contributed by atoms with Crippen LogP contribution in [0.25, 0.3) is 0 Å². The van der Waals surface area contributed by atoms with Gasteiger partial charge >= 0.3 is 0 Å². The monoisotopic (exact) mass is 419 g/mol. The van der Waals surface area contributed by atoms with E-state index in [2.05, 4.69) is 16.9 Å². The van der Waals surface area contributed by atoms with Gasteiger partial charge in [-0.1, -0.05) is 48.0 Å². The Bertz CT molecular complexity index is 1060. The predicted octanol–water partition coefficient (Wildman–Crippen LogP) is 6.83. The smallest absolute Gasteiger partial charge is 0.252 e. The van der Waals surface area contributed by atoms with Crippen LogP contribution in [0.1, 0.15) is 31.9 Å². The Morgan fingerprint density at radius 3 is 2.53 bits per heavy atom. The molecule has 2 rings (SSSR count). The zero-order valence-corrected chi connectivity index (χ0v) is 18.5. The van der Waals surface area contributed by atoms with Crippen LogP contribution in [-0.4, -0.2) is 17.8 Å². The summed E-state index contributed by atoms with van der Waals surface area (Å²) >= 11 is 6.50. The van der Waals surface area contributed by atoms with Gasteiger partial charge in [0.15, 0.2) is 0 Å². The summed E-state index contributed by atoms with van der Waals surface area (Å²) in [5.74, 6) is -0.246. The number of carbonyl (C=O) groups excluding carboxylic acids is 1. The summed E-state index contributed by atoms with van der Waals surface area (Å²) in [5.41, 5.74) is 5.60. The van der Waals surface area contributed by atoms with Gasteiger partial charge in [0.2, 0.25) is 0 Å². The van der Waals surface area contributed by atoms with Crippen LogP contribution in [0, 0.1) is 6.92 Å². The third-order valence-corrected chi connectivity index (χ3v) is 4.43. The fraction of sp³-hybridized carbons (Fsp3) is 0.160. The number of rotatable bonds is 7. The number of hydrogen-bond donors (Lipinski definition) is 1. The average molecular weight is 420 g/mol. The zero-order valence-electron chi connectivity index (χ0n) is 17.7. The quantitative estimate of drug-likeness (QED) is 0.387. The summed E-state index contributed by atoms with van der Waals surface area (Å²) < 4.78 is 0. The molecular formula is C25H26ClN3O. The molecule has 0 aliphatic rings. The number of amides is 1. The van der Waals surface area contributed by atoms with Crippen LogP contribution in [-0.2, 0) is 4.79 Å². The van der Waals surface area contributed by atoms with E-state index < -0.39 is 0 Å². The number of anilines is 1. The van der Waals surface area contributed by atoms with Gasteiger partial charge in [0.1, 0.15) is 0 Å². The molecule has 1 N–H and O–H groups in total. The second-order valence-corrected chi connectivity index (χ2v) is 7.41. The van der Waals surface area contributed by atoms with Gasteiger partial charge in [0, 0.05) is 29.2 Å².